The number of piperidine rings is 1. The zero-order valence-electron chi connectivity index (χ0n) is 9.84. The van der Waals surface area contributed by atoms with Crippen molar-refractivity contribution < 1.29 is 14.7 Å². The van der Waals surface area contributed by atoms with Crippen LogP contribution in [0, 0.1) is 16.0 Å². The lowest BCUT2D eigenvalue weighted by atomic mass is 9.94. The third-order valence-electron chi connectivity index (χ3n) is 3.05. The first-order chi connectivity index (χ1) is 8.13. The summed E-state index contributed by atoms with van der Waals surface area (Å²) in [6.45, 7) is 1.98. The van der Waals surface area contributed by atoms with Gasteiger partial charge in [-0.2, -0.15) is 0 Å². The van der Waals surface area contributed by atoms with Crippen molar-refractivity contribution in [1.82, 2.24) is 4.90 Å². The molecule has 0 aromatic heterocycles. The van der Waals surface area contributed by atoms with Gasteiger partial charge >= 0.3 is 0 Å². The summed E-state index contributed by atoms with van der Waals surface area (Å²) in [6.07, 6.45) is 2.85. The first kappa shape index (κ1) is 13.7. The summed E-state index contributed by atoms with van der Waals surface area (Å²) in [5, 5.41) is 9.21. The number of carbonyl (C=O) groups is 1. The van der Waals surface area contributed by atoms with Crippen molar-refractivity contribution >= 4 is 5.91 Å². The number of nitrogens with zero attached hydrogens (tertiary/aromatic N) is 2. The van der Waals surface area contributed by atoms with E-state index in [1.165, 1.54) is 0 Å². The summed E-state index contributed by atoms with van der Waals surface area (Å²) >= 11 is 0. The van der Waals surface area contributed by atoms with E-state index in [-0.39, 0.29) is 12.5 Å². The number of carbonyl (C=O) groups excluding carboxylic acids is 1. The van der Waals surface area contributed by atoms with Crippen LogP contribution in [0.1, 0.15) is 25.7 Å². The van der Waals surface area contributed by atoms with E-state index in [1.807, 2.05) is 4.90 Å². The number of amides is 1. The van der Waals surface area contributed by atoms with Gasteiger partial charge in [-0.05, 0) is 25.2 Å². The van der Waals surface area contributed by atoms with Crippen LogP contribution in [-0.4, -0.2) is 42.1 Å². The lowest BCUT2D eigenvalue weighted by Crippen LogP contribution is -2.39. The molecule has 1 aliphatic heterocycles. The number of hydrogen-bond acceptors (Lipinski definition) is 5. The van der Waals surface area contributed by atoms with Gasteiger partial charge in [0.05, 0.1) is 6.61 Å². The molecule has 1 fully saturated rings. The van der Waals surface area contributed by atoms with Gasteiger partial charge < -0.3 is 15.5 Å². The molecule has 7 heteroatoms. The summed E-state index contributed by atoms with van der Waals surface area (Å²) in [7, 11) is 0. The Labute approximate surface area is 100.0 Å². The smallest absolute Gasteiger partial charge is 0.294 e. The fourth-order valence-electron chi connectivity index (χ4n) is 2.05. The minimum atomic E-state index is -0.764. The molecule has 0 aliphatic carbocycles. The average Bonchev–Trinajstić information content (AvgIpc) is 2.30. The Kier molecular flexibility index (Phi) is 5.68. The maximum Gasteiger partial charge on any atom is 0.294 e. The van der Waals surface area contributed by atoms with Crippen molar-refractivity contribution in [1.29, 1.82) is 0 Å². The predicted molar refractivity (Wildman–Crippen MR) is 60.5 cm³/mol. The largest absolute Gasteiger partial charge is 0.343 e. The molecule has 0 spiro atoms. The molecule has 1 heterocycles. The molecule has 17 heavy (non-hydrogen) atoms. The first-order valence-electron chi connectivity index (χ1n) is 5.88. The Morgan fingerprint density at radius 2 is 2.12 bits per heavy atom. The van der Waals surface area contributed by atoms with Gasteiger partial charge in [0, 0.05) is 26.1 Å². The van der Waals surface area contributed by atoms with Crippen molar-refractivity contribution in [3.05, 3.63) is 10.1 Å². The molecule has 0 saturated carbocycles. The lowest BCUT2D eigenvalue weighted by Gasteiger charge is -2.31. The van der Waals surface area contributed by atoms with Gasteiger partial charge in [0.25, 0.3) is 5.09 Å². The van der Waals surface area contributed by atoms with Crippen molar-refractivity contribution in [2.75, 3.05) is 26.2 Å². The highest BCUT2D eigenvalue weighted by atomic mass is 16.9. The third-order valence-corrected chi connectivity index (χ3v) is 3.05. The summed E-state index contributed by atoms with van der Waals surface area (Å²) in [6, 6.07) is 0. The van der Waals surface area contributed by atoms with Crippen molar-refractivity contribution in [2.45, 2.75) is 25.7 Å². The van der Waals surface area contributed by atoms with Gasteiger partial charge in [0.1, 0.15) is 0 Å². The SMILES string of the molecule is NCCC(=O)N1CCC(CCO[N+](=O)[O-])CC1. The molecule has 7 nitrogen and oxygen atoms in total. The molecule has 1 saturated heterocycles. The van der Waals surface area contributed by atoms with Gasteiger partial charge in [-0.3, -0.25) is 4.79 Å². The molecule has 2 N–H and O–H groups in total. The van der Waals surface area contributed by atoms with Crippen LogP contribution in [-0.2, 0) is 9.63 Å². The zero-order valence-corrected chi connectivity index (χ0v) is 9.84. The van der Waals surface area contributed by atoms with E-state index in [9.17, 15) is 14.9 Å². The van der Waals surface area contributed by atoms with Crippen LogP contribution in [0.4, 0.5) is 0 Å². The number of hydrogen-bond donors (Lipinski definition) is 1. The van der Waals surface area contributed by atoms with E-state index in [2.05, 4.69) is 4.84 Å². The van der Waals surface area contributed by atoms with Crippen LogP contribution in [0.25, 0.3) is 0 Å². The van der Waals surface area contributed by atoms with E-state index in [4.69, 9.17) is 5.73 Å². The summed E-state index contributed by atoms with van der Waals surface area (Å²) in [4.78, 5) is 27.6. The van der Waals surface area contributed by atoms with Crippen LogP contribution >= 0.6 is 0 Å². The van der Waals surface area contributed by atoms with Crippen molar-refractivity contribution in [3.8, 4) is 0 Å². The third kappa shape index (κ3) is 4.99. The standard InChI is InChI=1S/C10H19N3O4/c11-5-1-10(14)12-6-2-9(3-7-12)4-8-17-13(15)16/h9H,1-8,11H2. The van der Waals surface area contributed by atoms with Gasteiger partial charge in [-0.15, -0.1) is 10.1 Å². The van der Waals surface area contributed by atoms with E-state index < -0.39 is 5.09 Å². The zero-order chi connectivity index (χ0) is 12.7. The van der Waals surface area contributed by atoms with Crippen LogP contribution in [0.2, 0.25) is 0 Å². The molecule has 98 valence electrons. The molecule has 0 unspecified atom stereocenters. The van der Waals surface area contributed by atoms with E-state index in [1.54, 1.807) is 0 Å². The van der Waals surface area contributed by atoms with Crippen molar-refractivity contribution in [2.24, 2.45) is 11.7 Å². The highest BCUT2D eigenvalue weighted by molar-refractivity contribution is 5.76. The Balaban J connectivity index is 2.17. The normalized spacial score (nSPS) is 16.9. The Morgan fingerprint density at radius 1 is 1.47 bits per heavy atom. The Hall–Kier alpha value is -1.37. The van der Waals surface area contributed by atoms with Crippen LogP contribution in [0.3, 0.4) is 0 Å². The van der Waals surface area contributed by atoms with Crippen LogP contribution < -0.4 is 5.73 Å². The topological polar surface area (TPSA) is 98.7 Å². The summed E-state index contributed by atoms with van der Waals surface area (Å²) in [5.41, 5.74) is 5.33. The van der Waals surface area contributed by atoms with Gasteiger partial charge in [0.15, 0.2) is 0 Å². The molecular formula is C10H19N3O4. The predicted octanol–water partition coefficient (Wildman–Crippen LogP) is 0.172. The average molecular weight is 245 g/mol. The Bertz CT molecular complexity index is 264. The maximum atomic E-state index is 11.5. The molecular weight excluding hydrogens is 226 g/mol. The second-order valence-corrected chi connectivity index (χ2v) is 4.21. The minimum absolute atomic E-state index is 0.104. The van der Waals surface area contributed by atoms with E-state index in [0.717, 1.165) is 25.9 Å². The minimum Gasteiger partial charge on any atom is -0.343 e. The lowest BCUT2D eigenvalue weighted by molar-refractivity contribution is -0.758. The van der Waals surface area contributed by atoms with E-state index >= 15 is 0 Å². The van der Waals surface area contributed by atoms with E-state index in [0.29, 0.717) is 25.3 Å². The second kappa shape index (κ2) is 7.05. The molecule has 0 radical (unpaired) electrons. The molecule has 1 aliphatic rings. The summed E-state index contributed by atoms with van der Waals surface area (Å²) in [5.74, 6) is 0.518. The van der Waals surface area contributed by atoms with Crippen molar-refractivity contribution in [3.63, 3.8) is 0 Å². The first-order valence-corrected chi connectivity index (χ1v) is 5.88. The quantitative estimate of drug-likeness (QED) is 0.531. The molecule has 0 aromatic rings. The monoisotopic (exact) mass is 245 g/mol. The van der Waals surface area contributed by atoms with Gasteiger partial charge in [-0.1, -0.05) is 0 Å². The molecule has 1 rings (SSSR count). The second-order valence-electron chi connectivity index (χ2n) is 4.21. The van der Waals surface area contributed by atoms with Crippen LogP contribution in [0.5, 0.6) is 0 Å². The maximum absolute atomic E-state index is 11.5. The number of nitrogens with two attached hydrogens (primary N) is 1. The fourth-order valence-corrected chi connectivity index (χ4v) is 2.05. The Morgan fingerprint density at radius 3 is 2.65 bits per heavy atom. The number of likely N-dealkylation sites (tertiary alicyclic amines) is 1. The highest BCUT2D eigenvalue weighted by Gasteiger charge is 2.22. The molecule has 0 aromatic carbocycles. The molecule has 0 bridgehead atoms. The fraction of sp³-hybridized carbons (Fsp3) is 0.900. The molecule has 0 atom stereocenters. The van der Waals surface area contributed by atoms with Gasteiger partial charge in [0.2, 0.25) is 5.91 Å². The molecule has 1 amide bonds. The summed E-state index contributed by atoms with van der Waals surface area (Å²) < 4.78 is 0. The van der Waals surface area contributed by atoms with Gasteiger partial charge in [-0.25, -0.2) is 0 Å². The highest BCUT2D eigenvalue weighted by Crippen LogP contribution is 2.20. The number of rotatable bonds is 6. The van der Waals surface area contributed by atoms with Crippen LogP contribution in [0.15, 0.2) is 0 Å².